The van der Waals surface area contributed by atoms with Gasteiger partial charge in [-0.05, 0) is 49.9 Å². The highest BCUT2D eigenvalue weighted by atomic mass is 16.6. The number of ether oxygens (including phenoxy) is 4. The molecule has 41 heavy (non-hydrogen) atoms. The van der Waals surface area contributed by atoms with Gasteiger partial charge in [0.15, 0.2) is 0 Å². The average molecular weight is 581 g/mol. The Morgan fingerprint density at radius 3 is 2.24 bits per heavy atom. The number of nitrogens with two attached hydrogens (primary N) is 1. The van der Waals surface area contributed by atoms with Crippen molar-refractivity contribution in [3.8, 4) is 0 Å². The lowest BCUT2D eigenvalue weighted by Gasteiger charge is -2.25. The number of hydrogen-bond acceptors (Lipinski definition) is 9. The molecule has 0 aromatic heterocycles. The summed E-state index contributed by atoms with van der Waals surface area (Å²) < 4.78 is 21.7. The fraction of sp³-hybridized carbons (Fsp3) is 0.677. The van der Waals surface area contributed by atoms with E-state index in [2.05, 4.69) is 11.8 Å². The molecule has 1 aromatic carbocycles. The Morgan fingerprint density at radius 1 is 0.927 bits per heavy atom. The molecular weight excluding hydrogens is 528 g/mol. The molecule has 10 nitrogen and oxygen atoms in total. The van der Waals surface area contributed by atoms with Crippen LogP contribution in [0.2, 0.25) is 0 Å². The summed E-state index contributed by atoms with van der Waals surface area (Å²) in [4.78, 5) is 25.7. The van der Waals surface area contributed by atoms with Gasteiger partial charge in [0.05, 0.1) is 58.6 Å². The number of carboxylic acid groups (broad SMARTS) is 1. The lowest BCUT2D eigenvalue weighted by molar-refractivity contribution is -0.152. The number of esters is 1. The first-order valence-electron chi connectivity index (χ1n) is 14.9. The number of aliphatic hydroxyl groups excluding tert-OH is 1. The first-order valence-corrected chi connectivity index (χ1v) is 14.9. The third-order valence-corrected chi connectivity index (χ3v) is 6.55. The van der Waals surface area contributed by atoms with Crippen LogP contribution >= 0.6 is 0 Å². The first-order chi connectivity index (χ1) is 19.9. The Kier molecular flexibility index (Phi) is 21.3. The molecule has 0 aliphatic rings. The minimum atomic E-state index is -0.995. The summed E-state index contributed by atoms with van der Waals surface area (Å²) in [7, 11) is 0. The van der Waals surface area contributed by atoms with Crippen LogP contribution in [0.15, 0.2) is 30.4 Å². The van der Waals surface area contributed by atoms with E-state index < -0.39 is 17.9 Å². The standard InChI is InChI=1S/C31H52N2O8/c1-3-4-5-6-7-8-9-10-11-27(31(36)37)25-30(35)41-23-22-40-21-20-39-18-15-33(14-17-38-19-16-34)28-12-13-29(32)26(2)24-28/h9-10,12-13,24,27,34H,3-8,11,14-23,25,32H2,1-2H3,(H,36,37)/b10-9+. The molecule has 10 heteroatoms. The zero-order chi connectivity index (χ0) is 30.1. The van der Waals surface area contributed by atoms with Gasteiger partial charge >= 0.3 is 11.9 Å². The van der Waals surface area contributed by atoms with Gasteiger partial charge in [0.1, 0.15) is 6.61 Å². The molecule has 1 aromatic rings. The Hall–Kier alpha value is -2.66. The van der Waals surface area contributed by atoms with E-state index in [4.69, 9.17) is 29.8 Å². The minimum absolute atomic E-state index is 0.0108. The van der Waals surface area contributed by atoms with Crippen molar-refractivity contribution in [1.29, 1.82) is 0 Å². The molecule has 0 spiro atoms. The molecule has 0 heterocycles. The first kappa shape index (κ1) is 36.4. The van der Waals surface area contributed by atoms with E-state index >= 15 is 0 Å². The molecule has 0 fully saturated rings. The molecule has 1 unspecified atom stereocenters. The number of carbonyl (C=O) groups is 2. The SMILES string of the molecule is CCCCCCC/C=C/CC(CC(=O)OCCOCCOCCN(CCOCCO)c1ccc(N)c(C)c1)C(=O)O. The van der Waals surface area contributed by atoms with Gasteiger partial charge in [0, 0.05) is 24.5 Å². The number of anilines is 2. The van der Waals surface area contributed by atoms with Crippen LogP contribution in [0.3, 0.4) is 0 Å². The Balaban J connectivity index is 2.20. The summed E-state index contributed by atoms with van der Waals surface area (Å²) in [6, 6.07) is 5.87. The molecule has 4 N–H and O–H groups in total. The van der Waals surface area contributed by atoms with Gasteiger partial charge in [-0.25, -0.2) is 0 Å². The second-order valence-electron chi connectivity index (χ2n) is 9.96. The Bertz CT molecular complexity index is 865. The number of nitrogen functional groups attached to an aromatic ring is 1. The van der Waals surface area contributed by atoms with Crippen LogP contribution in [0.25, 0.3) is 0 Å². The molecule has 1 rings (SSSR count). The van der Waals surface area contributed by atoms with Gasteiger partial charge in [0.25, 0.3) is 0 Å². The van der Waals surface area contributed by atoms with E-state index in [-0.39, 0.29) is 26.2 Å². The fourth-order valence-electron chi connectivity index (χ4n) is 4.05. The van der Waals surface area contributed by atoms with E-state index in [9.17, 15) is 14.7 Å². The lowest BCUT2D eigenvalue weighted by Crippen LogP contribution is -2.31. The van der Waals surface area contributed by atoms with E-state index in [0.717, 1.165) is 29.8 Å². The highest BCUT2D eigenvalue weighted by Crippen LogP contribution is 2.20. The van der Waals surface area contributed by atoms with Gasteiger partial charge in [-0.2, -0.15) is 0 Å². The van der Waals surface area contributed by atoms with Crippen molar-refractivity contribution in [2.45, 2.75) is 65.2 Å². The van der Waals surface area contributed by atoms with Crippen molar-refractivity contribution in [3.05, 3.63) is 35.9 Å². The number of allylic oxidation sites excluding steroid dienone is 2. The van der Waals surface area contributed by atoms with Crippen LogP contribution in [0.1, 0.15) is 63.9 Å². The molecule has 0 radical (unpaired) electrons. The molecule has 0 saturated carbocycles. The van der Waals surface area contributed by atoms with Gasteiger partial charge < -0.3 is 39.8 Å². The second kappa shape index (κ2) is 24.0. The third-order valence-electron chi connectivity index (χ3n) is 6.55. The number of hydrogen-bond donors (Lipinski definition) is 3. The number of unbranched alkanes of at least 4 members (excludes halogenated alkanes) is 5. The molecule has 0 aliphatic heterocycles. The van der Waals surface area contributed by atoms with Crippen LogP contribution in [-0.2, 0) is 28.5 Å². The van der Waals surface area contributed by atoms with Crippen LogP contribution in [0.5, 0.6) is 0 Å². The molecule has 0 saturated heterocycles. The maximum Gasteiger partial charge on any atom is 0.307 e. The second-order valence-corrected chi connectivity index (χ2v) is 9.96. The Labute approximate surface area is 245 Å². The van der Waals surface area contributed by atoms with Crippen molar-refractivity contribution in [2.24, 2.45) is 5.92 Å². The molecule has 234 valence electrons. The van der Waals surface area contributed by atoms with Crippen LogP contribution < -0.4 is 10.6 Å². The van der Waals surface area contributed by atoms with E-state index in [0.29, 0.717) is 52.5 Å². The number of nitrogens with zero attached hydrogens (tertiary/aromatic N) is 1. The molecule has 1 atom stereocenters. The topological polar surface area (TPSA) is 141 Å². The van der Waals surface area contributed by atoms with E-state index in [1.165, 1.54) is 25.7 Å². The van der Waals surface area contributed by atoms with Gasteiger partial charge in [-0.1, -0.05) is 44.8 Å². The summed E-state index contributed by atoms with van der Waals surface area (Å²) in [5.74, 6) is -2.32. The van der Waals surface area contributed by atoms with Gasteiger partial charge in [-0.15, -0.1) is 0 Å². The third kappa shape index (κ3) is 18.4. The normalized spacial score (nSPS) is 12.1. The van der Waals surface area contributed by atoms with Crippen molar-refractivity contribution >= 4 is 23.3 Å². The summed E-state index contributed by atoms with van der Waals surface area (Å²) in [5, 5.41) is 18.3. The monoisotopic (exact) mass is 580 g/mol. The van der Waals surface area contributed by atoms with E-state index in [1.54, 1.807) is 0 Å². The maximum atomic E-state index is 12.1. The number of aliphatic carboxylic acids is 1. The number of benzene rings is 1. The predicted octanol–water partition coefficient (Wildman–Crippen LogP) is 4.37. The fourth-order valence-corrected chi connectivity index (χ4v) is 4.05. The number of aliphatic hydroxyl groups is 1. The van der Waals surface area contributed by atoms with Crippen molar-refractivity contribution < 1.29 is 38.7 Å². The van der Waals surface area contributed by atoms with Crippen LogP contribution in [0.4, 0.5) is 11.4 Å². The summed E-state index contributed by atoms with van der Waals surface area (Å²) in [6.45, 7) is 7.69. The number of aryl methyl sites for hydroxylation is 1. The molecular formula is C31H52N2O8. The van der Waals surface area contributed by atoms with Gasteiger partial charge in [-0.3, -0.25) is 9.59 Å². The molecule has 0 amide bonds. The lowest BCUT2D eigenvalue weighted by atomic mass is 10.0. The molecule has 0 bridgehead atoms. The smallest absolute Gasteiger partial charge is 0.307 e. The predicted molar refractivity (Wildman–Crippen MR) is 161 cm³/mol. The van der Waals surface area contributed by atoms with Crippen molar-refractivity contribution in [1.82, 2.24) is 0 Å². The summed E-state index contributed by atoms with van der Waals surface area (Å²) in [6.07, 6.45) is 10.9. The van der Waals surface area contributed by atoms with E-state index in [1.807, 2.05) is 37.3 Å². The van der Waals surface area contributed by atoms with Crippen molar-refractivity contribution in [3.63, 3.8) is 0 Å². The largest absolute Gasteiger partial charge is 0.481 e. The number of rotatable bonds is 26. The highest BCUT2D eigenvalue weighted by Gasteiger charge is 2.20. The quantitative estimate of drug-likeness (QED) is 0.0626. The average Bonchev–Trinajstić information content (AvgIpc) is 2.95. The Morgan fingerprint density at radius 2 is 1.59 bits per heavy atom. The summed E-state index contributed by atoms with van der Waals surface area (Å²) >= 11 is 0. The highest BCUT2D eigenvalue weighted by molar-refractivity contribution is 5.78. The summed E-state index contributed by atoms with van der Waals surface area (Å²) in [5.41, 5.74) is 8.70. The zero-order valence-corrected chi connectivity index (χ0v) is 25.1. The van der Waals surface area contributed by atoms with Crippen LogP contribution in [0, 0.1) is 12.8 Å². The van der Waals surface area contributed by atoms with Gasteiger partial charge in [0.2, 0.25) is 0 Å². The van der Waals surface area contributed by atoms with Crippen molar-refractivity contribution in [2.75, 3.05) is 76.6 Å². The molecule has 0 aliphatic carbocycles. The number of carboxylic acids is 1. The maximum absolute atomic E-state index is 12.1. The number of carbonyl (C=O) groups excluding carboxylic acids is 1. The van der Waals surface area contributed by atoms with Crippen LogP contribution in [-0.4, -0.2) is 88.1 Å². The minimum Gasteiger partial charge on any atom is -0.481 e. The zero-order valence-electron chi connectivity index (χ0n) is 25.1.